The summed E-state index contributed by atoms with van der Waals surface area (Å²) in [5, 5.41) is 10.1. The Bertz CT molecular complexity index is 664. The molecular formula is C15H11F5O. The van der Waals surface area contributed by atoms with Gasteiger partial charge in [-0.1, -0.05) is 6.07 Å². The average molecular weight is 302 g/mol. The highest BCUT2D eigenvalue weighted by Crippen LogP contribution is 2.34. The Kier molecular flexibility index (Phi) is 4.00. The molecule has 1 nitrogen and oxygen atoms in total. The van der Waals surface area contributed by atoms with Crippen molar-refractivity contribution >= 4 is 0 Å². The number of hydrogen-bond acceptors (Lipinski definition) is 1. The SMILES string of the molecule is Cc1cc(F)ccc1C(O)c1cc(C(F)(F)F)ccc1F. The first-order valence-corrected chi connectivity index (χ1v) is 6.01. The van der Waals surface area contributed by atoms with E-state index in [-0.39, 0.29) is 5.56 Å². The van der Waals surface area contributed by atoms with Gasteiger partial charge in [-0.25, -0.2) is 8.78 Å². The van der Waals surface area contributed by atoms with Gasteiger partial charge in [-0.15, -0.1) is 0 Å². The summed E-state index contributed by atoms with van der Waals surface area (Å²) in [5.74, 6) is -1.51. The van der Waals surface area contributed by atoms with Crippen LogP contribution in [0.1, 0.15) is 28.4 Å². The summed E-state index contributed by atoms with van der Waals surface area (Å²) in [7, 11) is 0. The van der Waals surface area contributed by atoms with Crippen LogP contribution < -0.4 is 0 Å². The number of aliphatic hydroxyl groups excluding tert-OH is 1. The largest absolute Gasteiger partial charge is 0.416 e. The number of benzene rings is 2. The van der Waals surface area contributed by atoms with Crippen LogP contribution in [-0.2, 0) is 6.18 Å². The maximum Gasteiger partial charge on any atom is 0.416 e. The molecule has 2 rings (SSSR count). The van der Waals surface area contributed by atoms with Gasteiger partial charge in [0.25, 0.3) is 0 Å². The van der Waals surface area contributed by atoms with Crippen molar-refractivity contribution in [2.75, 3.05) is 0 Å². The maximum absolute atomic E-state index is 13.7. The van der Waals surface area contributed by atoms with Crippen molar-refractivity contribution in [3.8, 4) is 0 Å². The van der Waals surface area contributed by atoms with Crippen molar-refractivity contribution in [3.63, 3.8) is 0 Å². The van der Waals surface area contributed by atoms with Gasteiger partial charge in [0.1, 0.15) is 17.7 Å². The summed E-state index contributed by atoms with van der Waals surface area (Å²) in [6, 6.07) is 5.20. The predicted molar refractivity (Wildman–Crippen MR) is 66.6 cm³/mol. The number of aryl methyl sites for hydroxylation is 1. The molecule has 0 saturated heterocycles. The summed E-state index contributed by atoms with van der Waals surface area (Å²) in [6.45, 7) is 1.48. The summed E-state index contributed by atoms with van der Waals surface area (Å²) in [4.78, 5) is 0. The van der Waals surface area contributed by atoms with E-state index < -0.39 is 35.0 Å². The topological polar surface area (TPSA) is 20.2 Å². The second kappa shape index (κ2) is 5.44. The molecule has 0 fully saturated rings. The Morgan fingerprint density at radius 2 is 1.62 bits per heavy atom. The van der Waals surface area contributed by atoms with Crippen LogP contribution in [0.4, 0.5) is 22.0 Å². The first-order chi connectivity index (χ1) is 9.70. The van der Waals surface area contributed by atoms with E-state index in [1.807, 2.05) is 0 Å². The Labute approximate surface area is 117 Å². The minimum Gasteiger partial charge on any atom is -0.384 e. The Morgan fingerprint density at radius 3 is 2.19 bits per heavy atom. The van der Waals surface area contributed by atoms with E-state index in [1.165, 1.54) is 13.0 Å². The third kappa shape index (κ3) is 3.21. The van der Waals surface area contributed by atoms with Crippen molar-refractivity contribution in [3.05, 3.63) is 70.3 Å². The Hall–Kier alpha value is -1.95. The highest BCUT2D eigenvalue weighted by molar-refractivity contribution is 5.38. The van der Waals surface area contributed by atoms with Crippen LogP contribution in [0.5, 0.6) is 0 Å². The number of rotatable bonds is 2. The average Bonchev–Trinajstić information content (AvgIpc) is 2.37. The molecule has 1 unspecified atom stereocenters. The fourth-order valence-electron chi connectivity index (χ4n) is 2.04. The lowest BCUT2D eigenvalue weighted by Crippen LogP contribution is -2.10. The molecule has 0 heterocycles. The van der Waals surface area contributed by atoms with Crippen LogP contribution in [0, 0.1) is 18.6 Å². The predicted octanol–water partition coefficient (Wildman–Crippen LogP) is 4.37. The molecule has 0 aliphatic rings. The third-order valence-electron chi connectivity index (χ3n) is 3.14. The highest BCUT2D eigenvalue weighted by atomic mass is 19.4. The molecule has 2 aromatic carbocycles. The fraction of sp³-hybridized carbons (Fsp3) is 0.200. The van der Waals surface area contributed by atoms with Gasteiger partial charge < -0.3 is 5.11 Å². The van der Waals surface area contributed by atoms with E-state index >= 15 is 0 Å². The Balaban J connectivity index is 2.50. The standard InChI is InChI=1S/C15H11F5O/c1-8-6-10(16)3-4-11(8)14(21)12-7-9(15(18,19)20)2-5-13(12)17/h2-7,14,21H,1H3. The van der Waals surface area contributed by atoms with Gasteiger partial charge in [0.15, 0.2) is 0 Å². The molecule has 0 bridgehead atoms. The van der Waals surface area contributed by atoms with Gasteiger partial charge in [0, 0.05) is 5.56 Å². The molecule has 0 aromatic heterocycles. The molecule has 1 atom stereocenters. The van der Waals surface area contributed by atoms with E-state index in [1.54, 1.807) is 0 Å². The minimum absolute atomic E-state index is 0.148. The van der Waals surface area contributed by atoms with Gasteiger partial charge in [0.2, 0.25) is 0 Å². The monoisotopic (exact) mass is 302 g/mol. The molecule has 0 radical (unpaired) electrons. The first-order valence-electron chi connectivity index (χ1n) is 6.01. The molecule has 0 spiro atoms. The zero-order chi connectivity index (χ0) is 15.8. The summed E-state index contributed by atoms with van der Waals surface area (Å²) in [5.41, 5.74) is -1.09. The number of hydrogen-bond donors (Lipinski definition) is 1. The second-order valence-corrected chi connectivity index (χ2v) is 4.64. The van der Waals surface area contributed by atoms with Gasteiger partial charge in [-0.05, 0) is 48.4 Å². The molecule has 2 aromatic rings. The molecule has 0 saturated carbocycles. The highest BCUT2D eigenvalue weighted by Gasteiger charge is 2.32. The van der Waals surface area contributed by atoms with E-state index in [2.05, 4.69) is 0 Å². The van der Waals surface area contributed by atoms with E-state index in [0.717, 1.165) is 12.1 Å². The number of alkyl halides is 3. The zero-order valence-electron chi connectivity index (χ0n) is 10.9. The summed E-state index contributed by atoms with van der Waals surface area (Å²) < 4.78 is 64.6. The van der Waals surface area contributed by atoms with E-state index in [0.29, 0.717) is 23.8 Å². The number of halogens is 5. The zero-order valence-corrected chi connectivity index (χ0v) is 10.9. The van der Waals surface area contributed by atoms with Crippen LogP contribution in [0.3, 0.4) is 0 Å². The summed E-state index contributed by atoms with van der Waals surface area (Å²) in [6.07, 6.45) is -6.24. The second-order valence-electron chi connectivity index (χ2n) is 4.64. The lowest BCUT2D eigenvalue weighted by Gasteiger charge is -2.17. The van der Waals surface area contributed by atoms with E-state index in [9.17, 15) is 27.1 Å². The van der Waals surface area contributed by atoms with Crippen molar-refractivity contribution in [2.45, 2.75) is 19.2 Å². The van der Waals surface area contributed by atoms with Crippen molar-refractivity contribution in [2.24, 2.45) is 0 Å². The quantitative estimate of drug-likeness (QED) is 0.817. The number of aliphatic hydroxyl groups is 1. The van der Waals surface area contributed by atoms with Gasteiger partial charge >= 0.3 is 6.18 Å². The normalized spacial score (nSPS) is 13.3. The summed E-state index contributed by atoms with van der Waals surface area (Å²) >= 11 is 0. The Morgan fingerprint density at radius 1 is 0.952 bits per heavy atom. The van der Waals surface area contributed by atoms with Gasteiger partial charge in [-0.3, -0.25) is 0 Å². The van der Waals surface area contributed by atoms with Crippen LogP contribution in [0.15, 0.2) is 36.4 Å². The molecule has 112 valence electrons. The van der Waals surface area contributed by atoms with Crippen LogP contribution in [0.2, 0.25) is 0 Å². The molecule has 0 amide bonds. The van der Waals surface area contributed by atoms with Crippen molar-refractivity contribution in [1.82, 2.24) is 0 Å². The minimum atomic E-state index is -4.64. The maximum atomic E-state index is 13.7. The van der Waals surface area contributed by atoms with Gasteiger partial charge in [0.05, 0.1) is 5.56 Å². The van der Waals surface area contributed by atoms with Crippen molar-refractivity contribution in [1.29, 1.82) is 0 Å². The smallest absolute Gasteiger partial charge is 0.384 e. The van der Waals surface area contributed by atoms with Crippen LogP contribution in [0.25, 0.3) is 0 Å². The van der Waals surface area contributed by atoms with Crippen LogP contribution >= 0.6 is 0 Å². The molecule has 0 aliphatic heterocycles. The lowest BCUT2D eigenvalue weighted by molar-refractivity contribution is -0.137. The van der Waals surface area contributed by atoms with Gasteiger partial charge in [-0.2, -0.15) is 13.2 Å². The lowest BCUT2D eigenvalue weighted by atomic mass is 9.95. The van der Waals surface area contributed by atoms with Crippen LogP contribution in [-0.4, -0.2) is 5.11 Å². The fourth-order valence-corrected chi connectivity index (χ4v) is 2.04. The molecule has 0 aliphatic carbocycles. The first kappa shape index (κ1) is 15.4. The molecule has 1 N–H and O–H groups in total. The van der Waals surface area contributed by atoms with E-state index in [4.69, 9.17) is 0 Å². The molecule has 6 heteroatoms. The third-order valence-corrected chi connectivity index (χ3v) is 3.14. The van der Waals surface area contributed by atoms with Crippen molar-refractivity contribution < 1.29 is 27.1 Å². The molecular weight excluding hydrogens is 291 g/mol. The molecule has 21 heavy (non-hydrogen) atoms.